The lowest BCUT2D eigenvalue weighted by Gasteiger charge is -2.16. The average Bonchev–Trinajstić information content (AvgIpc) is 2.34. The second kappa shape index (κ2) is 6.19. The van der Waals surface area contributed by atoms with Crippen LogP contribution in [0.5, 0.6) is 5.88 Å². The normalized spacial score (nSPS) is 12.1. The van der Waals surface area contributed by atoms with Crippen LogP contribution in [0.2, 0.25) is 0 Å². The van der Waals surface area contributed by atoms with Gasteiger partial charge in [0.25, 0.3) is 5.56 Å². The Morgan fingerprint density at radius 3 is 2.83 bits per heavy atom. The monoisotopic (exact) mass is 251 g/mol. The molecule has 2 N–H and O–H groups in total. The van der Waals surface area contributed by atoms with E-state index in [-0.39, 0.29) is 29.8 Å². The summed E-state index contributed by atoms with van der Waals surface area (Å²) in [5, 5.41) is 21.7. The van der Waals surface area contributed by atoms with Crippen molar-refractivity contribution >= 4 is 0 Å². The van der Waals surface area contributed by atoms with E-state index in [0.29, 0.717) is 12.0 Å². The SMILES string of the molecule is CNC(CCn1c(O)c(C#N)c(C)cc1=O)OC. The molecule has 0 amide bonds. The van der Waals surface area contributed by atoms with E-state index in [1.165, 1.54) is 10.6 Å². The molecule has 0 aromatic carbocycles. The van der Waals surface area contributed by atoms with Crippen LogP contribution in [0.1, 0.15) is 17.5 Å². The number of ether oxygens (including phenoxy) is 1. The molecule has 6 heteroatoms. The summed E-state index contributed by atoms with van der Waals surface area (Å²) in [6.45, 7) is 1.90. The van der Waals surface area contributed by atoms with Gasteiger partial charge in [-0.3, -0.25) is 14.7 Å². The van der Waals surface area contributed by atoms with Gasteiger partial charge in [-0.1, -0.05) is 0 Å². The molecule has 1 unspecified atom stereocenters. The highest BCUT2D eigenvalue weighted by molar-refractivity contribution is 5.43. The molecule has 1 rings (SSSR count). The Kier molecular flexibility index (Phi) is 4.89. The van der Waals surface area contributed by atoms with Crippen LogP contribution in [0.4, 0.5) is 0 Å². The van der Waals surface area contributed by atoms with Gasteiger partial charge in [-0.25, -0.2) is 0 Å². The number of nitrogens with one attached hydrogen (secondary N) is 1. The van der Waals surface area contributed by atoms with Crippen molar-refractivity contribution in [2.24, 2.45) is 0 Å². The predicted molar refractivity (Wildman–Crippen MR) is 66.3 cm³/mol. The van der Waals surface area contributed by atoms with Crippen LogP contribution in [0, 0.1) is 18.3 Å². The van der Waals surface area contributed by atoms with Gasteiger partial charge in [-0.2, -0.15) is 5.26 Å². The van der Waals surface area contributed by atoms with Crippen LogP contribution >= 0.6 is 0 Å². The lowest BCUT2D eigenvalue weighted by Crippen LogP contribution is -2.30. The summed E-state index contributed by atoms with van der Waals surface area (Å²) in [5.41, 5.74) is 0.288. The molecule has 1 atom stereocenters. The number of aromatic hydroxyl groups is 1. The number of nitriles is 1. The fourth-order valence-electron chi connectivity index (χ4n) is 1.73. The minimum atomic E-state index is -0.324. The van der Waals surface area contributed by atoms with E-state index in [4.69, 9.17) is 10.00 Å². The average molecular weight is 251 g/mol. The Bertz CT molecular complexity index is 513. The smallest absolute Gasteiger partial charge is 0.253 e. The minimum Gasteiger partial charge on any atom is -0.493 e. The molecule has 0 aliphatic rings. The number of hydrogen-bond donors (Lipinski definition) is 2. The number of hydrogen-bond acceptors (Lipinski definition) is 5. The highest BCUT2D eigenvalue weighted by atomic mass is 16.5. The van der Waals surface area contributed by atoms with Crippen LogP contribution in [0.3, 0.4) is 0 Å². The zero-order chi connectivity index (χ0) is 13.7. The lowest BCUT2D eigenvalue weighted by atomic mass is 10.1. The van der Waals surface area contributed by atoms with Crippen molar-refractivity contribution in [3.63, 3.8) is 0 Å². The maximum atomic E-state index is 11.8. The molecule has 0 saturated heterocycles. The zero-order valence-corrected chi connectivity index (χ0v) is 10.7. The van der Waals surface area contributed by atoms with Crippen LogP contribution in [0.25, 0.3) is 0 Å². The van der Waals surface area contributed by atoms with E-state index in [1.54, 1.807) is 21.1 Å². The third-order valence-corrected chi connectivity index (χ3v) is 2.81. The molecule has 0 bridgehead atoms. The third kappa shape index (κ3) is 2.88. The van der Waals surface area contributed by atoms with E-state index in [1.807, 2.05) is 6.07 Å². The largest absolute Gasteiger partial charge is 0.493 e. The Hall–Kier alpha value is -1.84. The molecule has 0 aliphatic carbocycles. The van der Waals surface area contributed by atoms with Crippen LogP contribution in [-0.2, 0) is 11.3 Å². The van der Waals surface area contributed by atoms with Crippen molar-refractivity contribution in [3.8, 4) is 11.9 Å². The first-order valence-electron chi connectivity index (χ1n) is 5.58. The van der Waals surface area contributed by atoms with E-state index < -0.39 is 0 Å². The summed E-state index contributed by atoms with van der Waals surface area (Å²) in [4.78, 5) is 11.8. The third-order valence-electron chi connectivity index (χ3n) is 2.81. The van der Waals surface area contributed by atoms with Gasteiger partial charge in [0.1, 0.15) is 17.9 Å². The van der Waals surface area contributed by atoms with Gasteiger partial charge in [0.05, 0.1) is 0 Å². The number of methoxy groups -OCH3 is 1. The van der Waals surface area contributed by atoms with Gasteiger partial charge in [0.15, 0.2) is 0 Å². The first-order valence-corrected chi connectivity index (χ1v) is 5.58. The Morgan fingerprint density at radius 2 is 2.33 bits per heavy atom. The summed E-state index contributed by atoms with van der Waals surface area (Å²) >= 11 is 0. The summed E-state index contributed by atoms with van der Waals surface area (Å²) < 4.78 is 6.28. The summed E-state index contributed by atoms with van der Waals surface area (Å²) in [7, 11) is 3.30. The zero-order valence-electron chi connectivity index (χ0n) is 10.7. The van der Waals surface area contributed by atoms with Crippen molar-refractivity contribution in [1.29, 1.82) is 5.26 Å². The standard InChI is InChI=1S/C12H17N3O3/c1-8-6-11(16)15(12(17)9(8)7-13)5-4-10(14-2)18-3/h6,10,14,17H,4-5H2,1-3H3. The molecular formula is C12H17N3O3. The highest BCUT2D eigenvalue weighted by Crippen LogP contribution is 2.17. The number of aromatic nitrogens is 1. The van der Waals surface area contributed by atoms with Gasteiger partial charge in [-0.05, 0) is 19.5 Å². The van der Waals surface area contributed by atoms with Crippen LogP contribution < -0.4 is 10.9 Å². The van der Waals surface area contributed by atoms with Crippen molar-refractivity contribution in [1.82, 2.24) is 9.88 Å². The van der Waals surface area contributed by atoms with Crippen LogP contribution in [-0.4, -0.2) is 30.1 Å². The lowest BCUT2D eigenvalue weighted by molar-refractivity contribution is 0.0691. The van der Waals surface area contributed by atoms with Gasteiger partial charge in [0.2, 0.25) is 5.88 Å². The minimum absolute atomic E-state index is 0.132. The second-order valence-electron chi connectivity index (χ2n) is 3.93. The van der Waals surface area contributed by atoms with E-state index in [0.717, 1.165) is 0 Å². The first kappa shape index (κ1) is 14.2. The molecule has 6 nitrogen and oxygen atoms in total. The predicted octanol–water partition coefficient (Wildman–Crippen LogP) is 0.316. The summed E-state index contributed by atoms with van der Waals surface area (Å²) in [6.07, 6.45) is 0.303. The maximum Gasteiger partial charge on any atom is 0.253 e. The number of pyridine rings is 1. The summed E-state index contributed by atoms with van der Waals surface area (Å²) in [5.74, 6) is -0.284. The number of rotatable bonds is 5. The van der Waals surface area contributed by atoms with Gasteiger partial charge in [-0.15, -0.1) is 0 Å². The van der Waals surface area contributed by atoms with Crippen LogP contribution in [0.15, 0.2) is 10.9 Å². The second-order valence-corrected chi connectivity index (χ2v) is 3.93. The Labute approximate surface area is 105 Å². The Balaban J connectivity index is 3.04. The fourth-order valence-corrected chi connectivity index (χ4v) is 1.73. The molecule has 0 radical (unpaired) electrons. The molecule has 1 aromatic rings. The van der Waals surface area contributed by atoms with E-state index in [2.05, 4.69) is 5.32 Å². The van der Waals surface area contributed by atoms with Crippen molar-refractivity contribution in [2.45, 2.75) is 26.1 Å². The van der Waals surface area contributed by atoms with Gasteiger partial charge in [0, 0.05) is 26.1 Å². The molecule has 18 heavy (non-hydrogen) atoms. The highest BCUT2D eigenvalue weighted by Gasteiger charge is 2.13. The first-order chi connectivity index (χ1) is 8.54. The van der Waals surface area contributed by atoms with Crippen molar-refractivity contribution in [2.75, 3.05) is 14.2 Å². The number of nitrogens with zero attached hydrogens (tertiary/aromatic N) is 2. The van der Waals surface area contributed by atoms with Crippen molar-refractivity contribution in [3.05, 3.63) is 27.5 Å². The maximum absolute atomic E-state index is 11.8. The molecule has 1 heterocycles. The Morgan fingerprint density at radius 1 is 1.67 bits per heavy atom. The topological polar surface area (TPSA) is 87.3 Å². The number of aryl methyl sites for hydroxylation is 1. The van der Waals surface area contributed by atoms with E-state index in [9.17, 15) is 9.90 Å². The molecule has 0 fully saturated rings. The fraction of sp³-hybridized carbons (Fsp3) is 0.500. The van der Waals surface area contributed by atoms with Gasteiger partial charge < -0.3 is 9.84 Å². The molecule has 0 aliphatic heterocycles. The molecule has 98 valence electrons. The summed E-state index contributed by atoms with van der Waals surface area (Å²) in [6, 6.07) is 3.24. The molecule has 0 spiro atoms. The molecule has 0 saturated carbocycles. The quantitative estimate of drug-likeness (QED) is 0.736. The molecule has 1 aromatic heterocycles. The molecular weight excluding hydrogens is 234 g/mol. The van der Waals surface area contributed by atoms with Crippen molar-refractivity contribution < 1.29 is 9.84 Å². The van der Waals surface area contributed by atoms with E-state index >= 15 is 0 Å². The van der Waals surface area contributed by atoms with Gasteiger partial charge >= 0.3 is 0 Å².